The van der Waals surface area contributed by atoms with Crippen molar-refractivity contribution in [3.05, 3.63) is 28.9 Å². The Morgan fingerprint density at radius 3 is 2.67 bits per heavy atom. The quantitative estimate of drug-likeness (QED) is 0.691. The Bertz CT molecular complexity index is 775. The fraction of sp³-hybridized carbons (Fsp3) is 0.667. The number of aromatic amines is 1. The van der Waals surface area contributed by atoms with E-state index >= 15 is 0 Å². The first-order chi connectivity index (χ1) is 12.8. The summed E-state index contributed by atoms with van der Waals surface area (Å²) in [7, 11) is 0.531. The van der Waals surface area contributed by atoms with Crippen LogP contribution in [0.4, 0.5) is 0 Å². The minimum absolute atomic E-state index is 0.0252. The van der Waals surface area contributed by atoms with E-state index in [2.05, 4.69) is 15.5 Å². The second kappa shape index (κ2) is 8.53. The van der Waals surface area contributed by atoms with Crippen LogP contribution in [-0.4, -0.2) is 73.5 Å². The third-order valence-electron chi connectivity index (χ3n) is 5.01. The van der Waals surface area contributed by atoms with Crippen molar-refractivity contribution in [2.45, 2.75) is 44.1 Å². The number of H-pyrrole nitrogens is 1. The van der Waals surface area contributed by atoms with Gasteiger partial charge in [-0.25, -0.2) is 8.42 Å². The van der Waals surface area contributed by atoms with E-state index in [1.807, 2.05) is 25.1 Å². The van der Waals surface area contributed by atoms with Crippen LogP contribution in [0.3, 0.4) is 0 Å². The van der Waals surface area contributed by atoms with Crippen molar-refractivity contribution in [2.24, 2.45) is 0 Å². The van der Waals surface area contributed by atoms with Crippen LogP contribution < -0.4 is 5.32 Å². The molecule has 1 aliphatic carbocycles. The maximum absolute atomic E-state index is 12.4. The molecule has 0 atom stereocenters. The van der Waals surface area contributed by atoms with Gasteiger partial charge in [0.05, 0.1) is 0 Å². The number of hydrogen-bond acceptors (Lipinski definition) is 5. The largest absolute Gasteiger partial charge is 0.348 e. The summed E-state index contributed by atoms with van der Waals surface area (Å²) in [5, 5.41) is 11.3. The monoisotopic (exact) mass is 395 g/mol. The van der Waals surface area contributed by atoms with Crippen LogP contribution in [0, 0.1) is 0 Å². The topological polar surface area (TPSA) is 98.4 Å². The van der Waals surface area contributed by atoms with Crippen LogP contribution in [0.2, 0.25) is 0 Å². The fourth-order valence-electron chi connectivity index (χ4n) is 3.18. The maximum Gasteiger partial charge on any atom is 0.271 e. The molecular formula is C18H29N5O3S. The van der Waals surface area contributed by atoms with Gasteiger partial charge in [0.15, 0.2) is 0 Å². The molecule has 2 fully saturated rings. The fourth-order valence-corrected chi connectivity index (χ4v) is 4.45. The predicted octanol–water partition coefficient (Wildman–Crippen LogP) is 1.28. The van der Waals surface area contributed by atoms with Crippen LogP contribution in [0.25, 0.3) is 0 Å². The van der Waals surface area contributed by atoms with Gasteiger partial charge < -0.3 is 10.2 Å². The SMILES string of the molecule is CN(C)CC/C=C/S(=O)(=O)N1CCC(NC(=O)c2cc(C3CC3)[nH]n2)CC1. The van der Waals surface area contributed by atoms with E-state index in [0.717, 1.165) is 25.1 Å². The molecule has 1 amide bonds. The van der Waals surface area contributed by atoms with Gasteiger partial charge in [0.1, 0.15) is 5.69 Å². The first kappa shape index (κ1) is 20.0. The van der Waals surface area contributed by atoms with E-state index in [0.29, 0.717) is 44.0 Å². The van der Waals surface area contributed by atoms with E-state index in [-0.39, 0.29) is 11.9 Å². The number of piperidine rings is 1. The molecule has 1 aromatic rings. The van der Waals surface area contributed by atoms with Crippen molar-refractivity contribution in [3.63, 3.8) is 0 Å². The van der Waals surface area contributed by atoms with Gasteiger partial charge in [-0.15, -0.1) is 0 Å². The number of carbonyl (C=O) groups is 1. The van der Waals surface area contributed by atoms with Gasteiger partial charge in [-0.05, 0) is 52.3 Å². The molecule has 9 heteroatoms. The number of carbonyl (C=O) groups excluding carboxylic acids is 1. The van der Waals surface area contributed by atoms with Crippen molar-refractivity contribution in [1.29, 1.82) is 0 Å². The van der Waals surface area contributed by atoms with Crippen molar-refractivity contribution in [3.8, 4) is 0 Å². The molecule has 0 unspecified atom stereocenters. The normalized spacial score (nSPS) is 19.8. The first-order valence-corrected chi connectivity index (χ1v) is 11.0. The lowest BCUT2D eigenvalue weighted by Gasteiger charge is -2.30. The summed E-state index contributed by atoms with van der Waals surface area (Å²) in [6.45, 7) is 1.65. The van der Waals surface area contributed by atoms with E-state index in [4.69, 9.17) is 0 Å². The van der Waals surface area contributed by atoms with Crippen LogP contribution >= 0.6 is 0 Å². The molecule has 1 aromatic heterocycles. The first-order valence-electron chi connectivity index (χ1n) is 9.53. The molecule has 0 radical (unpaired) electrons. The summed E-state index contributed by atoms with van der Waals surface area (Å²) in [6, 6.07) is 1.80. The lowest BCUT2D eigenvalue weighted by Crippen LogP contribution is -2.46. The third-order valence-corrected chi connectivity index (χ3v) is 6.63. The smallest absolute Gasteiger partial charge is 0.271 e. The number of amides is 1. The third kappa shape index (κ3) is 5.63. The summed E-state index contributed by atoms with van der Waals surface area (Å²) in [6.07, 6.45) is 5.93. The van der Waals surface area contributed by atoms with Crippen molar-refractivity contribution in [2.75, 3.05) is 33.7 Å². The van der Waals surface area contributed by atoms with Crippen LogP contribution in [0.1, 0.15) is 54.2 Å². The average Bonchev–Trinajstić information content (AvgIpc) is 3.36. The van der Waals surface area contributed by atoms with E-state index < -0.39 is 10.0 Å². The summed E-state index contributed by atoms with van der Waals surface area (Å²) >= 11 is 0. The summed E-state index contributed by atoms with van der Waals surface area (Å²) in [5.41, 5.74) is 1.44. The summed E-state index contributed by atoms with van der Waals surface area (Å²) in [4.78, 5) is 14.3. The van der Waals surface area contributed by atoms with Crippen LogP contribution in [-0.2, 0) is 10.0 Å². The second-order valence-electron chi connectivity index (χ2n) is 7.64. The molecule has 2 N–H and O–H groups in total. The molecule has 3 rings (SSSR count). The minimum atomic E-state index is -3.38. The minimum Gasteiger partial charge on any atom is -0.348 e. The summed E-state index contributed by atoms with van der Waals surface area (Å²) < 4.78 is 26.2. The lowest BCUT2D eigenvalue weighted by molar-refractivity contribution is 0.0919. The van der Waals surface area contributed by atoms with E-state index in [1.54, 1.807) is 6.08 Å². The highest BCUT2D eigenvalue weighted by molar-refractivity contribution is 7.92. The molecule has 2 aliphatic rings. The van der Waals surface area contributed by atoms with E-state index in [9.17, 15) is 13.2 Å². The van der Waals surface area contributed by atoms with Crippen LogP contribution in [0.15, 0.2) is 17.6 Å². The number of rotatable bonds is 8. The van der Waals surface area contributed by atoms with Crippen molar-refractivity contribution < 1.29 is 13.2 Å². The number of nitrogens with one attached hydrogen (secondary N) is 2. The number of aromatic nitrogens is 2. The van der Waals surface area contributed by atoms with Gasteiger partial charge in [0, 0.05) is 42.7 Å². The predicted molar refractivity (Wildman–Crippen MR) is 104 cm³/mol. The highest BCUT2D eigenvalue weighted by Crippen LogP contribution is 2.38. The molecular weight excluding hydrogens is 366 g/mol. The Hall–Kier alpha value is -1.71. The molecule has 1 aliphatic heterocycles. The number of sulfonamides is 1. The van der Waals surface area contributed by atoms with E-state index in [1.165, 1.54) is 9.71 Å². The molecule has 0 aromatic carbocycles. The number of nitrogens with zero attached hydrogens (tertiary/aromatic N) is 3. The maximum atomic E-state index is 12.4. The molecule has 1 saturated carbocycles. The van der Waals surface area contributed by atoms with Gasteiger partial charge in [0.2, 0.25) is 10.0 Å². The van der Waals surface area contributed by atoms with Gasteiger partial charge in [-0.2, -0.15) is 9.40 Å². The molecule has 2 heterocycles. The Kier molecular flexibility index (Phi) is 6.33. The average molecular weight is 396 g/mol. The highest BCUT2D eigenvalue weighted by atomic mass is 32.2. The lowest BCUT2D eigenvalue weighted by atomic mass is 10.1. The van der Waals surface area contributed by atoms with Crippen molar-refractivity contribution in [1.82, 2.24) is 24.7 Å². The Labute approximate surface area is 161 Å². The number of hydrogen-bond donors (Lipinski definition) is 2. The Morgan fingerprint density at radius 1 is 1.33 bits per heavy atom. The summed E-state index contributed by atoms with van der Waals surface area (Å²) in [5.74, 6) is 0.335. The molecule has 0 bridgehead atoms. The van der Waals surface area contributed by atoms with Crippen LogP contribution in [0.5, 0.6) is 0 Å². The standard InChI is InChI=1S/C18H29N5O3S/c1-22(2)9-3-4-12-27(25,26)23-10-7-15(8-11-23)19-18(24)17-13-16(20-21-17)14-5-6-14/h4,12-15H,3,5-11H2,1-2H3,(H,19,24)(H,20,21)/b12-4+. The highest BCUT2D eigenvalue weighted by Gasteiger charge is 2.29. The second-order valence-corrected chi connectivity index (χ2v) is 9.46. The Balaban J connectivity index is 1.45. The van der Waals surface area contributed by atoms with Gasteiger partial charge in [-0.3, -0.25) is 9.89 Å². The molecule has 150 valence electrons. The Morgan fingerprint density at radius 2 is 2.04 bits per heavy atom. The van der Waals surface area contributed by atoms with Gasteiger partial charge >= 0.3 is 0 Å². The zero-order valence-electron chi connectivity index (χ0n) is 16.0. The zero-order chi connectivity index (χ0) is 19.4. The van der Waals surface area contributed by atoms with Gasteiger partial charge in [0.25, 0.3) is 5.91 Å². The molecule has 0 spiro atoms. The van der Waals surface area contributed by atoms with Gasteiger partial charge in [-0.1, -0.05) is 6.08 Å². The zero-order valence-corrected chi connectivity index (χ0v) is 16.8. The molecule has 27 heavy (non-hydrogen) atoms. The van der Waals surface area contributed by atoms with Crippen molar-refractivity contribution >= 4 is 15.9 Å². The molecule has 8 nitrogen and oxygen atoms in total. The molecule has 1 saturated heterocycles.